The van der Waals surface area contributed by atoms with Gasteiger partial charge in [-0.25, -0.2) is 0 Å². The van der Waals surface area contributed by atoms with Crippen molar-refractivity contribution in [3.05, 3.63) is 24.3 Å². The maximum atomic E-state index is 6.20. The summed E-state index contributed by atoms with van der Waals surface area (Å²) in [6.45, 7) is 8.22. The molecule has 1 heterocycles. The second-order valence-corrected chi connectivity index (χ2v) is 13.4. The smallest absolute Gasteiger partial charge is 0.0973 e. The average Bonchev–Trinajstić information content (AvgIpc) is 3.47. The van der Waals surface area contributed by atoms with Crippen LogP contribution in [0.4, 0.5) is 0 Å². The largest absolute Gasteiger partial charge is 0.374 e. The first-order chi connectivity index (χ1) is 21.4. The molecule has 3 nitrogen and oxygen atoms in total. The number of ether oxygens (including phenoxy) is 2. The molecule has 0 spiro atoms. The maximum Gasteiger partial charge on any atom is 0.0973 e. The molecule has 1 rings (SSSR count). The number of nitrogens with one attached hydrogen (secondary N) is 1. The Morgan fingerprint density at radius 3 is 1.00 bits per heavy atom. The van der Waals surface area contributed by atoms with E-state index in [1.54, 1.807) is 0 Å². The number of unbranched alkanes of at least 4 members (excludes halogenated alkanes) is 24. The molecule has 3 heteroatoms. The lowest BCUT2D eigenvalue weighted by Crippen LogP contribution is -2.30. The maximum absolute atomic E-state index is 6.20. The third-order valence-corrected chi connectivity index (χ3v) is 9.08. The highest BCUT2D eigenvalue weighted by Crippen LogP contribution is 2.14. The first-order valence-electron chi connectivity index (χ1n) is 19.6. The van der Waals surface area contributed by atoms with Crippen molar-refractivity contribution >= 4 is 0 Å². The summed E-state index contributed by atoms with van der Waals surface area (Å²) in [6, 6.07) is 0. The molecule has 1 N–H and O–H groups in total. The van der Waals surface area contributed by atoms with Gasteiger partial charge in [-0.2, -0.15) is 0 Å². The van der Waals surface area contributed by atoms with Gasteiger partial charge in [-0.05, 0) is 64.2 Å². The predicted octanol–water partition coefficient (Wildman–Crippen LogP) is 12.4. The van der Waals surface area contributed by atoms with Crippen LogP contribution in [0.15, 0.2) is 24.3 Å². The number of allylic oxidation sites excluding steroid dienone is 4. The molecule has 254 valence electrons. The van der Waals surface area contributed by atoms with E-state index in [0.29, 0.717) is 0 Å². The van der Waals surface area contributed by atoms with Crippen LogP contribution in [0.1, 0.15) is 194 Å². The lowest BCUT2D eigenvalue weighted by atomic mass is 10.1. The van der Waals surface area contributed by atoms with Crippen molar-refractivity contribution < 1.29 is 9.47 Å². The highest BCUT2D eigenvalue weighted by Gasteiger charge is 2.28. The Hall–Kier alpha value is -0.640. The third-order valence-electron chi connectivity index (χ3n) is 9.08. The van der Waals surface area contributed by atoms with E-state index in [9.17, 15) is 0 Å². The van der Waals surface area contributed by atoms with Gasteiger partial charge in [0.2, 0.25) is 0 Å². The summed E-state index contributed by atoms with van der Waals surface area (Å²) in [4.78, 5) is 0. The fourth-order valence-corrected chi connectivity index (χ4v) is 6.13. The van der Waals surface area contributed by atoms with Crippen LogP contribution in [0.25, 0.3) is 0 Å². The Balaban J connectivity index is 1.83. The highest BCUT2D eigenvalue weighted by molar-refractivity contribution is 4.84. The fourth-order valence-electron chi connectivity index (χ4n) is 6.13. The summed E-state index contributed by atoms with van der Waals surface area (Å²) in [5, 5.41) is 3.47. The average molecular weight is 604 g/mol. The molecule has 0 aliphatic carbocycles. The zero-order valence-corrected chi connectivity index (χ0v) is 29.4. The van der Waals surface area contributed by atoms with Gasteiger partial charge in [0.15, 0.2) is 0 Å². The van der Waals surface area contributed by atoms with Crippen molar-refractivity contribution in [3.63, 3.8) is 0 Å². The van der Waals surface area contributed by atoms with E-state index < -0.39 is 0 Å². The van der Waals surface area contributed by atoms with Crippen LogP contribution in [0, 0.1) is 0 Å². The molecule has 1 unspecified atom stereocenters. The molecule has 0 amide bonds. The topological polar surface area (TPSA) is 30.5 Å². The van der Waals surface area contributed by atoms with Crippen molar-refractivity contribution in [2.75, 3.05) is 26.3 Å². The Kier molecular flexibility index (Phi) is 32.2. The molecule has 1 aliphatic heterocycles. The predicted molar refractivity (Wildman–Crippen MR) is 191 cm³/mol. The number of rotatable bonds is 34. The molecular formula is C40H77NO2. The number of hydrogen-bond donors (Lipinski definition) is 1. The molecule has 2 atom stereocenters. The molecule has 1 saturated heterocycles. The van der Waals surface area contributed by atoms with Crippen molar-refractivity contribution in [2.24, 2.45) is 0 Å². The third kappa shape index (κ3) is 28.6. The van der Waals surface area contributed by atoms with Gasteiger partial charge < -0.3 is 14.8 Å². The van der Waals surface area contributed by atoms with Gasteiger partial charge in [-0.15, -0.1) is 0 Å². The van der Waals surface area contributed by atoms with Gasteiger partial charge in [-0.1, -0.05) is 154 Å². The minimum absolute atomic E-state index is 0.236. The lowest BCUT2D eigenvalue weighted by Gasteiger charge is -2.19. The lowest BCUT2D eigenvalue weighted by molar-refractivity contribution is -0.0481. The second kappa shape index (κ2) is 34.2. The van der Waals surface area contributed by atoms with Gasteiger partial charge >= 0.3 is 0 Å². The molecule has 0 aromatic carbocycles. The quantitative estimate of drug-likeness (QED) is 0.0586. The summed E-state index contributed by atoms with van der Waals surface area (Å²) >= 11 is 0. The molecule has 1 aliphatic rings. The van der Waals surface area contributed by atoms with Crippen LogP contribution in [0.5, 0.6) is 0 Å². The zero-order valence-electron chi connectivity index (χ0n) is 29.4. The first kappa shape index (κ1) is 40.4. The van der Waals surface area contributed by atoms with Crippen LogP contribution < -0.4 is 5.32 Å². The van der Waals surface area contributed by atoms with Crippen molar-refractivity contribution in [2.45, 2.75) is 206 Å². The summed E-state index contributed by atoms with van der Waals surface area (Å²) in [6.07, 6.45) is 48.1. The summed E-state index contributed by atoms with van der Waals surface area (Å²) in [5.74, 6) is 0. The van der Waals surface area contributed by atoms with Gasteiger partial charge in [0.05, 0.1) is 12.2 Å². The van der Waals surface area contributed by atoms with E-state index in [2.05, 4.69) is 43.5 Å². The Morgan fingerprint density at radius 2 is 0.674 bits per heavy atom. The van der Waals surface area contributed by atoms with Crippen LogP contribution in [-0.2, 0) is 9.47 Å². The van der Waals surface area contributed by atoms with E-state index in [4.69, 9.17) is 9.47 Å². The molecule has 0 radical (unpaired) electrons. The van der Waals surface area contributed by atoms with E-state index in [1.165, 1.54) is 180 Å². The summed E-state index contributed by atoms with van der Waals surface area (Å²) < 4.78 is 12.4. The van der Waals surface area contributed by atoms with E-state index >= 15 is 0 Å². The first-order valence-corrected chi connectivity index (χ1v) is 19.6. The van der Waals surface area contributed by atoms with Crippen LogP contribution in [0.2, 0.25) is 0 Å². The Bertz CT molecular complexity index is 539. The molecule has 0 bridgehead atoms. The van der Waals surface area contributed by atoms with Crippen LogP contribution in [0.3, 0.4) is 0 Å². The van der Waals surface area contributed by atoms with Gasteiger partial charge in [0, 0.05) is 26.3 Å². The Labute approximate surface area is 270 Å². The van der Waals surface area contributed by atoms with Crippen molar-refractivity contribution in [1.29, 1.82) is 0 Å². The molecule has 43 heavy (non-hydrogen) atoms. The van der Waals surface area contributed by atoms with Gasteiger partial charge in [0.25, 0.3) is 0 Å². The fraction of sp³-hybridized carbons (Fsp3) is 0.900. The van der Waals surface area contributed by atoms with Gasteiger partial charge in [0.1, 0.15) is 0 Å². The summed E-state index contributed by atoms with van der Waals surface area (Å²) in [5.41, 5.74) is 0. The normalized spacial score (nSPS) is 17.3. The van der Waals surface area contributed by atoms with Crippen LogP contribution in [-0.4, -0.2) is 38.5 Å². The standard InChI is InChI=1S/C40H77NO2/c1-3-5-7-9-11-13-15-17-19-21-23-25-27-29-31-33-35-42-39-37-41-38-40(39)43-36-34-32-30-28-26-24-22-20-18-16-14-12-10-8-6-4-2/h23-26,39-41H,3-22,27-38H2,1-2H3/b25-23-,26-24-/t39-,40?/m1/s1. The van der Waals surface area contributed by atoms with E-state index in [-0.39, 0.29) is 12.2 Å². The monoisotopic (exact) mass is 604 g/mol. The van der Waals surface area contributed by atoms with Crippen LogP contribution >= 0.6 is 0 Å². The molecule has 0 aromatic rings. The van der Waals surface area contributed by atoms with Crippen molar-refractivity contribution in [3.8, 4) is 0 Å². The SMILES string of the molecule is CCCCCCCCCCC/C=C\CCCCCOC1CNC[C@H]1OCCCCC/C=C\CCCCCCCCCCC. The van der Waals surface area contributed by atoms with Gasteiger partial charge in [-0.3, -0.25) is 0 Å². The Morgan fingerprint density at radius 1 is 0.395 bits per heavy atom. The highest BCUT2D eigenvalue weighted by atomic mass is 16.5. The minimum Gasteiger partial charge on any atom is -0.374 e. The molecule has 0 aromatic heterocycles. The minimum atomic E-state index is 0.236. The zero-order chi connectivity index (χ0) is 30.7. The molecular weight excluding hydrogens is 526 g/mol. The second-order valence-electron chi connectivity index (χ2n) is 13.4. The molecule has 0 saturated carbocycles. The van der Waals surface area contributed by atoms with E-state index in [0.717, 1.165) is 26.3 Å². The summed E-state index contributed by atoms with van der Waals surface area (Å²) in [7, 11) is 0. The van der Waals surface area contributed by atoms with Crippen molar-refractivity contribution in [1.82, 2.24) is 5.32 Å². The number of hydrogen-bond acceptors (Lipinski definition) is 3. The molecule has 1 fully saturated rings. The van der Waals surface area contributed by atoms with E-state index in [1.807, 2.05) is 0 Å².